The molecular weight excluding hydrogens is 204 g/mol. The van der Waals surface area contributed by atoms with E-state index in [1.807, 2.05) is 25.1 Å². The van der Waals surface area contributed by atoms with Crippen LogP contribution in [0.1, 0.15) is 19.2 Å². The largest absolute Gasteiger partial charge is 0.332 e. The number of hydrogen-bond acceptors (Lipinski definition) is 5. The highest BCUT2D eigenvalue weighted by molar-refractivity contribution is 5.45. The van der Waals surface area contributed by atoms with Gasteiger partial charge in [0.05, 0.1) is 0 Å². The summed E-state index contributed by atoms with van der Waals surface area (Å²) in [7, 11) is 0. The van der Waals surface area contributed by atoms with Crippen LogP contribution in [0.5, 0.6) is 0 Å². The van der Waals surface area contributed by atoms with Gasteiger partial charge >= 0.3 is 0 Å². The Kier molecular flexibility index (Phi) is 3.26. The molecule has 1 atom stereocenters. The zero-order valence-electron chi connectivity index (χ0n) is 9.13. The molecule has 2 heterocycles. The van der Waals surface area contributed by atoms with Crippen molar-refractivity contribution in [1.82, 2.24) is 15.1 Å². The lowest BCUT2D eigenvalue weighted by atomic mass is 10.2. The van der Waals surface area contributed by atoms with Crippen molar-refractivity contribution in [3.63, 3.8) is 0 Å². The van der Waals surface area contributed by atoms with Crippen LogP contribution in [0, 0.1) is 0 Å². The zero-order chi connectivity index (χ0) is 11.4. The third-order valence-corrected chi connectivity index (χ3v) is 2.32. The lowest BCUT2D eigenvalue weighted by Crippen LogP contribution is -2.21. The molecule has 2 aromatic heterocycles. The third-order valence-electron chi connectivity index (χ3n) is 2.32. The van der Waals surface area contributed by atoms with Gasteiger partial charge < -0.3 is 10.3 Å². The standard InChI is InChI=1S/C11H14N4O/c1-2-8(12)7-10-14-11(16-15-10)9-5-3-4-6-13-9/h3-6,8H,2,7,12H2,1H3. The van der Waals surface area contributed by atoms with Gasteiger partial charge in [-0.2, -0.15) is 4.98 Å². The van der Waals surface area contributed by atoms with E-state index in [9.17, 15) is 0 Å². The first kappa shape index (κ1) is 10.8. The second-order valence-electron chi connectivity index (χ2n) is 3.60. The van der Waals surface area contributed by atoms with Gasteiger partial charge in [-0.25, -0.2) is 0 Å². The van der Waals surface area contributed by atoms with Crippen LogP contribution in [0.15, 0.2) is 28.9 Å². The summed E-state index contributed by atoms with van der Waals surface area (Å²) < 4.78 is 5.12. The highest BCUT2D eigenvalue weighted by atomic mass is 16.5. The van der Waals surface area contributed by atoms with E-state index in [4.69, 9.17) is 10.3 Å². The first-order valence-electron chi connectivity index (χ1n) is 5.29. The average Bonchev–Trinajstić information content (AvgIpc) is 2.78. The van der Waals surface area contributed by atoms with Crippen molar-refractivity contribution in [1.29, 1.82) is 0 Å². The molecule has 0 bridgehead atoms. The minimum Gasteiger partial charge on any atom is -0.332 e. The van der Waals surface area contributed by atoms with Crippen LogP contribution < -0.4 is 5.73 Å². The molecule has 0 aliphatic rings. The average molecular weight is 218 g/mol. The van der Waals surface area contributed by atoms with E-state index >= 15 is 0 Å². The van der Waals surface area contributed by atoms with Crippen LogP contribution in [-0.4, -0.2) is 21.2 Å². The molecule has 1 unspecified atom stereocenters. The summed E-state index contributed by atoms with van der Waals surface area (Å²) in [5.41, 5.74) is 6.50. The van der Waals surface area contributed by atoms with Crippen LogP contribution in [0.4, 0.5) is 0 Å². The second-order valence-corrected chi connectivity index (χ2v) is 3.60. The summed E-state index contributed by atoms with van der Waals surface area (Å²) in [4.78, 5) is 8.38. The maximum atomic E-state index is 5.82. The summed E-state index contributed by atoms with van der Waals surface area (Å²) in [5.74, 6) is 1.08. The normalized spacial score (nSPS) is 12.6. The molecule has 0 saturated carbocycles. The van der Waals surface area contributed by atoms with Crippen molar-refractivity contribution < 1.29 is 4.52 Å². The fourth-order valence-electron chi connectivity index (χ4n) is 1.31. The Hall–Kier alpha value is -1.75. The molecule has 16 heavy (non-hydrogen) atoms. The van der Waals surface area contributed by atoms with Gasteiger partial charge in [0.15, 0.2) is 5.82 Å². The van der Waals surface area contributed by atoms with Crippen molar-refractivity contribution in [2.45, 2.75) is 25.8 Å². The molecule has 0 saturated heterocycles. The van der Waals surface area contributed by atoms with Gasteiger partial charge in [0.2, 0.25) is 0 Å². The monoisotopic (exact) mass is 218 g/mol. The van der Waals surface area contributed by atoms with Crippen LogP contribution in [0.2, 0.25) is 0 Å². The molecule has 0 aliphatic heterocycles. The van der Waals surface area contributed by atoms with Gasteiger partial charge in [-0.05, 0) is 18.6 Å². The summed E-state index contributed by atoms with van der Waals surface area (Å²) in [5, 5.41) is 3.87. The molecule has 0 spiro atoms. The molecule has 5 nitrogen and oxygen atoms in total. The summed E-state index contributed by atoms with van der Waals surface area (Å²) in [6.45, 7) is 2.03. The Morgan fingerprint density at radius 1 is 1.44 bits per heavy atom. The smallest absolute Gasteiger partial charge is 0.276 e. The van der Waals surface area contributed by atoms with Crippen molar-refractivity contribution in [2.24, 2.45) is 5.73 Å². The van der Waals surface area contributed by atoms with Crippen molar-refractivity contribution in [2.75, 3.05) is 0 Å². The SMILES string of the molecule is CCC(N)Cc1noc(-c2ccccn2)n1. The molecule has 2 aromatic rings. The van der Waals surface area contributed by atoms with E-state index in [-0.39, 0.29) is 6.04 Å². The number of pyridine rings is 1. The number of aromatic nitrogens is 3. The lowest BCUT2D eigenvalue weighted by Gasteiger charge is -2.02. The highest BCUT2D eigenvalue weighted by Crippen LogP contribution is 2.13. The fourth-order valence-corrected chi connectivity index (χ4v) is 1.31. The molecule has 0 aliphatic carbocycles. The summed E-state index contributed by atoms with van der Waals surface area (Å²) in [6.07, 6.45) is 3.22. The number of nitrogens with zero attached hydrogens (tertiary/aromatic N) is 3. The number of nitrogens with two attached hydrogens (primary N) is 1. The Balaban J connectivity index is 2.14. The number of hydrogen-bond donors (Lipinski definition) is 1. The maximum absolute atomic E-state index is 5.82. The Bertz CT molecular complexity index is 440. The molecular formula is C11H14N4O. The maximum Gasteiger partial charge on any atom is 0.276 e. The Morgan fingerprint density at radius 3 is 3.00 bits per heavy atom. The summed E-state index contributed by atoms with van der Waals surface area (Å²) in [6, 6.07) is 5.63. The van der Waals surface area contributed by atoms with E-state index in [0.29, 0.717) is 23.8 Å². The predicted octanol–water partition coefficient (Wildman–Crippen LogP) is 1.41. The van der Waals surface area contributed by atoms with Crippen molar-refractivity contribution in [3.05, 3.63) is 30.2 Å². The van der Waals surface area contributed by atoms with E-state index in [1.165, 1.54) is 0 Å². The summed E-state index contributed by atoms with van der Waals surface area (Å²) >= 11 is 0. The van der Waals surface area contributed by atoms with Gasteiger partial charge in [-0.15, -0.1) is 0 Å². The van der Waals surface area contributed by atoms with E-state index in [2.05, 4.69) is 15.1 Å². The number of rotatable bonds is 4. The molecule has 0 fully saturated rings. The van der Waals surface area contributed by atoms with Gasteiger partial charge in [0.1, 0.15) is 5.69 Å². The van der Waals surface area contributed by atoms with Crippen LogP contribution in [0.3, 0.4) is 0 Å². The molecule has 0 amide bonds. The fraction of sp³-hybridized carbons (Fsp3) is 0.364. The predicted molar refractivity (Wildman–Crippen MR) is 59.5 cm³/mol. The Labute approximate surface area is 93.7 Å². The highest BCUT2D eigenvalue weighted by Gasteiger charge is 2.11. The minimum absolute atomic E-state index is 0.0779. The lowest BCUT2D eigenvalue weighted by molar-refractivity contribution is 0.418. The molecule has 5 heteroatoms. The first-order valence-corrected chi connectivity index (χ1v) is 5.29. The minimum atomic E-state index is 0.0779. The van der Waals surface area contributed by atoms with E-state index in [0.717, 1.165) is 6.42 Å². The van der Waals surface area contributed by atoms with Crippen molar-refractivity contribution >= 4 is 0 Å². The molecule has 0 radical (unpaired) electrons. The van der Waals surface area contributed by atoms with Gasteiger partial charge in [-0.1, -0.05) is 18.1 Å². The second kappa shape index (κ2) is 4.85. The quantitative estimate of drug-likeness (QED) is 0.839. The molecule has 84 valence electrons. The van der Waals surface area contributed by atoms with Crippen LogP contribution in [-0.2, 0) is 6.42 Å². The van der Waals surface area contributed by atoms with E-state index < -0.39 is 0 Å². The van der Waals surface area contributed by atoms with Crippen molar-refractivity contribution in [3.8, 4) is 11.6 Å². The topological polar surface area (TPSA) is 77.8 Å². The Morgan fingerprint density at radius 2 is 2.31 bits per heavy atom. The first-order chi connectivity index (χ1) is 7.79. The van der Waals surface area contributed by atoms with Gasteiger partial charge in [-0.3, -0.25) is 4.98 Å². The van der Waals surface area contributed by atoms with E-state index in [1.54, 1.807) is 6.20 Å². The van der Waals surface area contributed by atoms with Gasteiger partial charge in [0, 0.05) is 18.7 Å². The molecule has 0 aromatic carbocycles. The van der Waals surface area contributed by atoms with Gasteiger partial charge in [0.25, 0.3) is 5.89 Å². The van der Waals surface area contributed by atoms with Crippen LogP contribution >= 0.6 is 0 Å². The molecule has 2 N–H and O–H groups in total. The third kappa shape index (κ3) is 2.43. The zero-order valence-corrected chi connectivity index (χ0v) is 9.13. The molecule has 2 rings (SSSR count). The van der Waals surface area contributed by atoms with Crippen LogP contribution in [0.25, 0.3) is 11.6 Å².